The van der Waals surface area contributed by atoms with Gasteiger partial charge in [-0.1, -0.05) is 35.9 Å². The third kappa shape index (κ3) is 1.92. The van der Waals surface area contributed by atoms with Crippen molar-refractivity contribution in [2.24, 2.45) is 5.84 Å². The lowest BCUT2D eigenvalue weighted by Gasteiger charge is -2.38. The molecule has 0 bridgehead atoms. The maximum absolute atomic E-state index is 5.78. The lowest BCUT2D eigenvalue weighted by molar-refractivity contribution is 0.432. The second-order valence-electron chi connectivity index (χ2n) is 5.18. The van der Waals surface area contributed by atoms with Gasteiger partial charge in [0.15, 0.2) is 0 Å². The fourth-order valence-electron chi connectivity index (χ4n) is 3.22. The number of fused-ring (bicyclic) bond motifs is 1. The molecule has 0 aliphatic heterocycles. The normalized spacial score (nSPS) is 24.5. The van der Waals surface area contributed by atoms with E-state index in [1.807, 2.05) is 0 Å². The van der Waals surface area contributed by atoms with Crippen LogP contribution >= 0.6 is 0 Å². The van der Waals surface area contributed by atoms with Crippen LogP contribution in [0.25, 0.3) is 0 Å². The average Bonchev–Trinajstić information content (AvgIpc) is 2.37. The Morgan fingerprint density at radius 1 is 1.24 bits per heavy atom. The van der Waals surface area contributed by atoms with E-state index in [4.69, 9.17) is 5.84 Å². The minimum atomic E-state index is 0.352. The maximum atomic E-state index is 5.78. The molecule has 90 valence electrons. The van der Waals surface area contributed by atoms with Crippen LogP contribution < -0.4 is 11.3 Å². The molecule has 0 saturated heterocycles. The number of allylic oxidation sites excluding steroid dienone is 1. The Morgan fingerprint density at radius 2 is 2.12 bits per heavy atom. The second kappa shape index (κ2) is 4.63. The monoisotopic (exact) mass is 228 g/mol. The molecule has 0 amide bonds. The third-order valence-electron chi connectivity index (χ3n) is 4.20. The largest absolute Gasteiger partial charge is 0.271 e. The number of benzene rings is 1. The van der Waals surface area contributed by atoms with Gasteiger partial charge in [0.1, 0.15) is 0 Å². The molecule has 0 heterocycles. The van der Waals surface area contributed by atoms with E-state index in [-0.39, 0.29) is 0 Å². The first-order chi connectivity index (χ1) is 8.40. The van der Waals surface area contributed by atoms with Crippen LogP contribution in [-0.2, 0) is 6.42 Å². The molecule has 0 saturated carbocycles. The highest BCUT2D eigenvalue weighted by Gasteiger charge is 2.34. The summed E-state index contributed by atoms with van der Waals surface area (Å²) in [6, 6.07) is 9.09. The van der Waals surface area contributed by atoms with E-state index < -0.39 is 0 Å². The minimum absolute atomic E-state index is 0.352. The molecule has 2 nitrogen and oxygen atoms in total. The summed E-state index contributed by atoms with van der Waals surface area (Å²) < 4.78 is 0. The lowest BCUT2D eigenvalue weighted by Crippen LogP contribution is -2.45. The van der Waals surface area contributed by atoms with Crippen molar-refractivity contribution in [2.45, 2.75) is 44.1 Å². The van der Waals surface area contributed by atoms with Gasteiger partial charge in [-0.2, -0.15) is 0 Å². The van der Waals surface area contributed by atoms with Crippen LogP contribution in [0.3, 0.4) is 0 Å². The summed E-state index contributed by atoms with van der Waals surface area (Å²) in [5, 5.41) is 0. The van der Waals surface area contributed by atoms with Crippen LogP contribution in [0, 0.1) is 0 Å². The summed E-state index contributed by atoms with van der Waals surface area (Å²) in [4.78, 5) is 0. The highest BCUT2D eigenvalue weighted by atomic mass is 15.2. The predicted molar refractivity (Wildman–Crippen MR) is 70.5 cm³/mol. The summed E-state index contributed by atoms with van der Waals surface area (Å²) in [6.45, 7) is 0. The minimum Gasteiger partial charge on any atom is -0.271 e. The molecule has 0 spiro atoms. The summed E-state index contributed by atoms with van der Waals surface area (Å²) in [5.74, 6) is 6.36. The molecule has 2 aliphatic rings. The van der Waals surface area contributed by atoms with Crippen molar-refractivity contribution in [3.8, 4) is 0 Å². The average molecular weight is 228 g/mol. The summed E-state index contributed by atoms with van der Waals surface area (Å²) in [7, 11) is 0. The van der Waals surface area contributed by atoms with E-state index >= 15 is 0 Å². The Balaban J connectivity index is 1.82. The Morgan fingerprint density at radius 3 is 2.82 bits per heavy atom. The molecule has 1 aromatic rings. The van der Waals surface area contributed by atoms with Gasteiger partial charge in [0.05, 0.1) is 0 Å². The van der Waals surface area contributed by atoms with Gasteiger partial charge in [0.25, 0.3) is 0 Å². The van der Waals surface area contributed by atoms with Gasteiger partial charge in [-0.25, -0.2) is 0 Å². The number of rotatable bonds is 3. The van der Waals surface area contributed by atoms with Gasteiger partial charge in [-0.3, -0.25) is 11.3 Å². The standard InChI is InChI=1S/C15H20N2/c16-17-15(11-6-2-1-3-7-11)14-10-12-8-4-5-9-13(12)14/h4-6,8-9,14-15,17H,1-3,7,10,16H2. The molecule has 0 aromatic heterocycles. The lowest BCUT2D eigenvalue weighted by atomic mass is 9.70. The summed E-state index contributed by atoms with van der Waals surface area (Å²) in [6.07, 6.45) is 8.66. The van der Waals surface area contributed by atoms with Gasteiger partial charge < -0.3 is 0 Å². The van der Waals surface area contributed by atoms with Crippen molar-refractivity contribution in [1.29, 1.82) is 0 Å². The fraction of sp³-hybridized carbons (Fsp3) is 0.467. The van der Waals surface area contributed by atoms with E-state index in [9.17, 15) is 0 Å². The Kier molecular flexibility index (Phi) is 3.00. The highest BCUT2D eigenvalue weighted by Crippen LogP contribution is 2.40. The fourth-order valence-corrected chi connectivity index (χ4v) is 3.22. The first-order valence-corrected chi connectivity index (χ1v) is 6.63. The van der Waals surface area contributed by atoms with Crippen molar-refractivity contribution < 1.29 is 0 Å². The molecule has 2 unspecified atom stereocenters. The summed E-state index contributed by atoms with van der Waals surface area (Å²) in [5.41, 5.74) is 7.55. The van der Waals surface area contributed by atoms with Crippen molar-refractivity contribution in [1.82, 2.24) is 5.43 Å². The molecule has 3 rings (SSSR count). The first kappa shape index (κ1) is 11.0. The molecule has 2 atom stereocenters. The molecule has 17 heavy (non-hydrogen) atoms. The summed E-state index contributed by atoms with van der Waals surface area (Å²) >= 11 is 0. The van der Waals surface area contributed by atoms with Crippen molar-refractivity contribution in [2.75, 3.05) is 0 Å². The molecule has 3 N–H and O–H groups in total. The SMILES string of the molecule is NNC(C1=CCCCC1)C1Cc2ccccc21. The van der Waals surface area contributed by atoms with Crippen molar-refractivity contribution in [3.63, 3.8) is 0 Å². The Labute approximate surface area is 103 Å². The zero-order valence-corrected chi connectivity index (χ0v) is 10.2. The van der Waals surface area contributed by atoms with Crippen LogP contribution in [0.1, 0.15) is 42.7 Å². The molecule has 2 aliphatic carbocycles. The molecule has 1 aromatic carbocycles. The molecular weight excluding hydrogens is 208 g/mol. The topological polar surface area (TPSA) is 38.0 Å². The van der Waals surface area contributed by atoms with E-state index in [0.717, 1.165) is 0 Å². The zero-order valence-electron chi connectivity index (χ0n) is 10.2. The van der Waals surface area contributed by atoms with Crippen molar-refractivity contribution in [3.05, 3.63) is 47.0 Å². The predicted octanol–water partition coefficient (Wildman–Crippen LogP) is 2.66. The third-order valence-corrected chi connectivity index (χ3v) is 4.20. The van der Waals surface area contributed by atoms with E-state index in [0.29, 0.717) is 12.0 Å². The quantitative estimate of drug-likeness (QED) is 0.474. The zero-order chi connectivity index (χ0) is 11.7. The molecular formula is C15H20N2. The Hall–Kier alpha value is -1.12. The van der Waals surface area contributed by atoms with Gasteiger partial charge in [0, 0.05) is 12.0 Å². The number of hydrogen-bond acceptors (Lipinski definition) is 2. The molecule has 0 radical (unpaired) electrons. The van der Waals surface area contributed by atoms with E-state index in [1.54, 1.807) is 0 Å². The van der Waals surface area contributed by atoms with Gasteiger partial charge in [-0.05, 0) is 43.2 Å². The number of nitrogens with two attached hydrogens (primary N) is 1. The first-order valence-electron chi connectivity index (χ1n) is 6.63. The second-order valence-corrected chi connectivity index (χ2v) is 5.18. The van der Waals surface area contributed by atoms with Crippen LogP contribution in [-0.4, -0.2) is 6.04 Å². The van der Waals surface area contributed by atoms with E-state index in [1.165, 1.54) is 48.8 Å². The van der Waals surface area contributed by atoms with Gasteiger partial charge >= 0.3 is 0 Å². The van der Waals surface area contributed by atoms with Gasteiger partial charge in [-0.15, -0.1) is 0 Å². The van der Waals surface area contributed by atoms with Crippen LogP contribution in [0.4, 0.5) is 0 Å². The molecule has 2 heteroatoms. The smallest absolute Gasteiger partial charge is 0.0491 e. The molecule has 0 fully saturated rings. The van der Waals surface area contributed by atoms with E-state index in [2.05, 4.69) is 35.8 Å². The maximum Gasteiger partial charge on any atom is 0.0491 e. The number of hydrazine groups is 1. The van der Waals surface area contributed by atoms with Crippen molar-refractivity contribution >= 4 is 0 Å². The van der Waals surface area contributed by atoms with Crippen LogP contribution in [0.15, 0.2) is 35.9 Å². The Bertz CT molecular complexity index is 436. The van der Waals surface area contributed by atoms with Crippen LogP contribution in [0.5, 0.6) is 0 Å². The van der Waals surface area contributed by atoms with Crippen LogP contribution in [0.2, 0.25) is 0 Å². The number of hydrogen-bond donors (Lipinski definition) is 2. The van der Waals surface area contributed by atoms with Gasteiger partial charge in [0.2, 0.25) is 0 Å². The number of nitrogens with one attached hydrogen (secondary N) is 1. The highest BCUT2D eigenvalue weighted by molar-refractivity contribution is 5.43.